The Morgan fingerprint density at radius 3 is 1.32 bits per heavy atom. The molecule has 0 radical (unpaired) electrons. The van der Waals surface area contributed by atoms with Crippen molar-refractivity contribution in [3.8, 4) is 5.75 Å². The van der Waals surface area contributed by atoms with Crippen molar-refractivity contribution in [2.75, 3.05) is 51.3 Å². The predicted octanol–water partition coefficient (Wildman–Crippen LogP) is 4.90. The number of guanidine groups is 2. The van der Waals surface area contributed by atoms with Gasteiger partial charge in [-0.05, 0) is 177 Å². The first kappa shape index (κ1) is 120. The summed E-state index contributed by atoms with van der Waals surface area (Å²) >= 11 is 1.27. The van der Waals surface area contributed by atoms with Gasteiger partial charge in [0.15, 0.2) is 46.6 Å². The number of unbranched alkanes of at least 4 members (excludes halogenated alkanes) is 15. The Labute approximate surface area is 795 Å². The van der Waals surface area contributed by atoms with E-state index in [2.05, 4.69) is 64.1 Å². The third-order valence-electron chi connectivity index (χ3n) is 23.8. The van der Waals surface area contributed by atoms with E-state index in [9.17, 15) is 87.5 Å². The van der Waals surface area contributed by atoms with Crippen LogP contribution in [0.5, 0.6) is 5.75 Å². The van der Waals surface area contributed by atoms with Gasteiger partial charge in [-0.25, -0.2) is 4.98 Å². The first-order valence-corrected chi connectivity index (χ1v) is 49.7. The second kappa shape index (κ2) is 69.9. The topological polar surface area (TPSA) is 683 Å². The minimum Gasteiger partial charge on any atom is -0.508 e. The maximum absolute atomic E-state index is 15.0. The molecule has 0 saturated carbocycles. The number of rotatable bonds is 81. The summed E-state index contributed by atoms with van der Waals surface area (Å²) in [7, 11) is 0. The van der Waals surface area contributed by atoms with Gasteiger partial charge in [-0.1, -0.05) is 130 Å². The van der Waals surface area contributed by atoms with Crippen molar-refractivity contribution in [3.63, 3.8) is 0 Å². The number of benzene rings is 1. The highest BCUT2D eigenvalue weighted by molar-refractivity contribution is 7.98. The van der Waals surface area contributed by atoms with Gasteiger partial charge in [-0.2, -0.15) is 11.8 Å². The van der Waals surface area contributed by atoms with Crippen LogP contribution in [0.25, 0.3) is 0 Å². The lowest BCUT2D eigenvalue weighted by Crippen LogP contribution is -2.52. The van der Waals surface area contributed by atoms with Crippen molar-refractivity contribution >= 4 is 112 Å². The number of hydrogen-bond donors (Lipinski definition) is 20. The summed E-state index contributed by atoms with van der Waals surface area (Å²) in [6.07, 6.45) is 16.3. The quantitative estimate of drug-likeness (QED) is 0.0238. The molecule has 2 aromatic rings. The number of carbonyl (C=O) groups excluding carboxylic acids is 14. The normalized spacial score (nSPS) is 14.6. The number of carboxylic acid groups (broad SMARTS) is 1. The second-order valence-electron chi connectivity index (χ2n) is 36.5. The van der Waals surface area contributed by atoms with Gasteiger partial charge in [0, 0.05) is 94.1 Å². The van der Waals surface area contributed by atoms with Gasteiger partial charge in [0.1, 0.15) is 11.8 Å². The largest absolute Gasteiger partial charge is 0.508 e. The van der Waals surface area contributed by atoms with E-state index in [1.807, 2.05) is 27.7 Å². The number of phenolic OH excluding ortho intramolecular Hbond substituents is 1. The van der Waals surface area contributed by atoms with Crippen LogP contribution in [0, 0.1) is 47.3 Å². The molecule has 0 aliphatic heterocycles. The van der Waals surface area contributed by atoms with Crippen molar-refractivity contribution in [3.05, 3.63) is 48.0 Å². The molecule has 0 bridgehead atoms. The number of ketones is 6. The molecular formula is C95H163N19O19S. The minimum absolute atomic E-state index is 0.00355. The highest BCUT2D eigenvalue weighted by Crippen LogP contribution is 2.27. The van der Waals surface area contributed by atoms with Crippen LogP contribution in [0.2, 0.25) is 0 Å². The Morgan fingerprint density at radius 2 is 0.836 bits per heavy atom. The molecule has 8 amide bonds. The molecule has 0 saturated heterocycles. The number of Topliss-reactive ketones (excluding diaryl/α,β-unsaturated/α-hetero) is 6. The summed E-state index contributed by atoms with van der Waals surface area (Å²) in [5.74, 6) is -20.7. The molecule has 1 aromatic carbocycles. The first-order chi connectivity index (χ1) is 63.8. The Hall–Kier alpha value is -9.83. The maximum Gasteiger partial charge on any atom is 0.305 e. The number of carbonyl (C=O) groups is 15. The molecule has 14 atom stereocenters. The summed E-state index contributed by atoms with van der Waals surface area (Å²) in [5.41, 5.74) is 46.9. The average molecular weight is 1910 g/mol. The SMILES string of the molecule is CCCCCCCCCCCCCCCC(=O)N[C@@H](CCCCN)C(=O)N[C@@H](CCCCN)C(=O)C[C@@H](CC(C)C)C(=O)N[C@@H](CCCN=C(N)N)C(=O)C[C@@H](CO)C(=O)N[C@@H](CCSC)C(=O)C[C@H](C(=O)N[C@H](CC(=O)O)C(=O)C[C@@H](CCCCN)C(=O)N[C@@H](Cc1ccc(O)cc1)C(=O)C[C@@H](CCCN=C(N)N)C(=O)N[C@@H](CC(C)C)C(=O)C[C@@H](Cc1cnc[nH]1)C(N)=O)[C@@H](C)O. The van der Waals surface area contributed by atoms with Crippen LogP contribution in [-0.2, 0) is 84.8 Å². The molecule has 134 heavy (non-hydrogen) atoms. The molecule has 2 rings (SSSR count). The average Bonchev–Trinajstić information content (AvgIpc) is 0.943. The fourth-order valence-corrected chi connectivity index (χ4v) is 16.5. The van der Waals surface area contributed by atoms with Crippen LogP contribution < -0.4 is 83.1 Å². The van der Waals surface area contributed by atoms with Crippen molar-refractivity contribution < 1.29 is 92.3 Å². The van der Waals surface area contributed by atoms with Gasteiger partial charge in [0.25, 0.3) is 0 Å². The number of H-pyrrole nitrogens is 1. The van der Waals surface area contributed by atoms with Gasteiger partial charge < -0.3 is 108 Å². The highest BCUT2D eigenvalue weighted by Gasteiger charge is 2.40. The Bertz CT molecular complexity index is 3920. The number of amides is 8. The van der Waals surface area contributed by atoms with Gasteiger partial charge in [0.2, 0.25) is 47.3 Å². The van der Waals surface area contributed by atoms with E-state index < -0.39 is 205 Å². The lowest BCUT2D eigenvalue weighted by atomic mass is 9.87. The molecule has 1 aromatic heterocycles. The summed E-state index contributed by atoms with van der Waals surface area (Å²) in [4.78, 5) is 229. The Kier molecular flexibility index (Phi) is 62.7. The number of aromatic amines is 1. The number of aliphatic hydroxyl groups is 2. The number of phenols is 1. The number of nitrogens with zero attached hydrogens (tertiary/aromatic N) is 3. The molecule has 1 heterocycles. The van der Waals surface area contributed by atoms with Gasteiger partial charge >= 0.3 is 5.97 Å². The number of aromatic hydroxyl groups is 1. The second-order valence-corrected chi connectivity index (χ2v) is 37.4. The summed E-state index contributed by atoms with van der Waals surface area (Å²) in [6, 6.07) is -3.77. The number of aliphatic carboxylic acids is 1. The lowest BCUT2D eigenvalue weighted by Gasteiger charge is -2.27. The van der Waals surface area contributed by atoms with Crippen LogP contribution in [0.4, 0.5) is 0 Å². The van der Waals surface area contributed by atoms with Gasteiger partial charge in [0.05, 0.1) is 79.5 Å². The molecule has 0 fully saturated rings. The van der Waals surface area contributed by atoms with E-state index in [1.54, 1.807) is 6.26 Å². The molecule has 39 heteroatoms. The third-order valence-corrected chi connectivity index (χ3v) is 24.4. The number of aromatic nitrogens is 2. The van der Waals surface area contributed by atoms with E-state index in [0.717, 1.165) is 32.6 Å². The number of aliphatic hydroxyl groups excluding tert-OH is 2. The summed E-state index contributed by atoms with van der Waals surface area (Å²) in [6.45, 7) is 10.5. The molecule has 0 aliphatic rings. The van der Waals surface area contributed by atoms with Crippen LogP contribution in [0.1, 0.15) is 290 Å². The first-order valence-electron chi connectivity index (χ1n) is 48.3. The van der Waals surface area contributed by atoms with Crippen LogP contribution in [-0.4, -0.2) is 230 Å². The van der Waals surface area contributed by atoms with Crippen LogP contribution >= 0.6 is 11.8 Å². The minimum atomic E-state index is -1.92. The zero-order valence-electron chi connectivity index (χ0n) is 80.5. The number of nitrogens with one attached hydrogen (secondary N) is 8. The Morgan fingerprint density at radius 1 is 0.425 bits per heavy atom. The zero-order valence-corrected chi connectivity index (χ0v) is 81.3. The fourth-order valence-electron chi connectivity index (χ4n) is 16.0. The lowest BCUT2D eigenvalue weighted by molar-refractivity contribution is -0.142. The Balaban J connectivity index is 2.51. The molecule has 0 spiro atoms. The number of imidazole rings is 1. The molecule has 0 unspecified atom stereocenters. The molecule has 38 nitrogen and oxygen atoms in total. The molecular weight excluding hydrogens is 1740 g/mol. The van der Waals surface area contributed by atoms with Crippen LogP contribution in [0.3, 0.4) is 0 Å². The third kappa shape index (κ3) is 52.3. The van der Waals surface area contributed by atoms with Crippen LogP contribution in [0.15, 0.2) is 46.8 Å². The number of primary amides is 1. The highest BCUT2D eigenvalue weighted by atomic mass is 32.2. The van der Waals surface area contributed by atoms with E-state index in [-0.39, 0.29) is 164 Å². The number of aliphatic imine (C=N–C) groups is 2. The number of thioether (sulfide) groups is 1. The van der Waals surface area contributed by atoms with E-state index in [1.165, 1.54) is 99.9 Å². The zero-order chi connectivity index (χ0) is 100. The maximum atomic E-state index is 15.0. The fraction of sp³-hybridized carbons (Fsp3) is 0.726. The van der Waals surface area contributed by atoms with E-state index >= 15 is 4.79 Å². The summed E-state index contributed by atoms with van der Waals surface area (Å²) < 4.78 is 0. The molecule has 28 N–H and O–H groups in total. The monoisotopic (exact) mass is 1910 g/mol. The van der Waals surface area contributed by atoms with Crippen molar-refractivity contribution in [1.82, 2.24) is 47.2 Å². The van der Waals surface area contributed by atoms with Crippen molar-refractivity contribution in [2.45, 2.75) is 340 Å². The standard InChI is InChI=1S/C95H163N19O19S/c1-8-9-10-11-12-13-14-15-16-17-18-19-20-34-85(124)108-75(32-23-26-42-98)93(133)111-72(31-22-25-41-97)79(118)53-67(46-60(2)3)90(130)109-73(33-28-44-106-95(102)103)80(119)54-68(58-115)91(131)110-74(39-45-134-7)84(123)55-71(62(6)116)92(132)114-78(56-86(125)126)82(121)50-64(29-21-24-40-96)88(128)113-77(48-63-35-37-70(117)38-36-63)81(120)51-65(30-27-43-105-94(100)101)89(129)112-76(47-61(4)5)83(122)52-66(87(99)127)49-69-57-104-59-107-69/h35-38,57,59-62,64-68,71-78,115-117H,8-34,39-56,58,96-98H2,1-7H3,(H2,99,127)(H,104,107)(H,108,124)(H,109,130)(H,110,131)(H,111,133)(H,112,129)(H,113,128)(H,114,132)(H,125,126)(H4,100,101,105)(H4,102,103,106)/t62-,64-,65-,66-,67-,68+,71+,72+,73+,74+,75+,76+,77+,78-/m1/s1. The van der Waals surface area contributed by atoms with Crippen molar-refractivity contribution in [2.24, 2.45) is 103 Å². The number of nitrogens with two attached hydrogens (primary N) is 8. The number of hydrogen-bond acceptors (Lipinski definition) is 25. The number of carboxylic acids is 1. The predicted molar refractivity (Wildman–Crippen MR) is 517 cm³/mol. The van der Waals surface area contributed by atoms with Crippen molar-refractivity contribution in [1.29, 1.82) is 0 Å². The smallest absolute Gasteiger partial charge is 0.305 e. The molecule has 758 valence electrons. The van der Waals surface area contributed by atoms with Gasteiger partial charge in [-0.15, -0.1) is 0 Å². The van der Waals surface area contributed by atoms with Gasteiger partial charge in [-0.3, -0.25) is 81.9 Å². The molecule has 0 aliphatic carbocycles. The summed E-state index contributed by atoms with van der Waals surface area (Å²) in [5, 5.41) is 61.8. The van der Waals surface area contributed by atoms with E-state index in [4.69, 9.17) is 45.9 Å². The van der Waals surface area contributed by atoms with E-state index in [0.29, 0.717) is 62.9 Å².